The number of alkyl halides is 3. The van der Waals surface area contributed by atoms with Gasteiger partial charge in [0, 0.05) is 24.3 Å². The number of hydrogen-bond donors (Lipinski definition) is 2. The van der Waals surface area contributed by atoms with E-state index in [1.165, 1.54) is 24.5 Å². The molecule has 148 valence electrons. The molecule has 0 aliphatic carbocycles. The number of amides is 3. The van der Waals surface area contributed by atoms with Crippen molar-refractivity contribution in [2.45, 2.75) is 12.2 Å². The minimum atomic E-state index is -4.67. The zero-order valence-electron chi connectivity index (χ0n) is 14.3. The van der Waals surface area contributed by atoms with Gasteiger partial charge >= 0.3 is 12.2 Å². The van der Waals surface area contributed by atoms with Crippen LogP contribution in [0.1, 0.15) is 11.6 Å². The monoisotopic (exact) mass is 413 g/mol. The molecule has 3 amide bonds. The van der Waals surface area contributed by atoms with Crippen LogP contribution in [-0.4, -0.2) is 39.7 Å². The van der Waals surface area contributed by atoms with Crippen molar-refractivity contribution < 1.29 is 22.8 Å². The van der Waals surface area contributed by atoms with Crippen LogP contribution < -0.4 is 10.6 Å². The third kappa shape index (κ3) is 4.28. The van der Waals surface area contributed by atoms with Crippen molar-refractivity contribution >= 4 is 34.9 Å². The Bertz CT molecular complexity index is 922. The summed E-state index contributed by atoms with van der Waals surface area (Å²) in [7, 11) is 0. The first-order valence-corrected chi connectivity index (χ1v) is 8.45. The van der Waals surface area contributed by atoms with E-state index in [9.17, 15) is 22.8 Å². The topological polar surface area (TPSA) is 79.3 Å². The van der Waals surface area contributed by atoms with Gasteiger partial charge in [0.05, 0.1) is 29.2 Å². The number of carbonyl (C=O) groups excluding carboxylic acids is 2. The van der Waals surface area contributed by atoms with E-state index < -0.39 is 23.5 Å². The van der Waals surface area contributed by atoms with Crippen LogP contribution >= 0.6 is 11.6 Å². The van der Waals surface area contributed by atoms with E-state index in [4.69, 9.17) is 11.6 Å². The molecular weight excluding hydrogens is 399 g/mol. The summed E-state index contributed by atoms with van der Waals surface area (Å²) in [6, 6.07) is 2.16. The molecule has 11 heteroatoms. The number of carbonyl (C=O) groups is 2. The molecule has 2 N–H and O–H groups in total. The maximum absolute atomic E-state index is 13.1. The van der Waals surface area contributed by atoms with Crippen molar-refractivity contribution in [2.75, 3.05) is 23.7 Å². The van der Waals surface area contributed by atoms with Crippen molar-refractivity contribution in [3.8, 4) is 0 Å². The lowest BCUT2D eigenvalue weighted by Crippen LogP contribution is -2.50. The minimum Gasteiger partial charge on any atom is -0.335 e. The van der Waals surface area contributed by atoms with Gasteiger partial charge in [0.1, 0.15) is 0 Å². The van der Waals surface area contributed by atoms with E-state index in [-0.39, 0.29) is 17.0 Å². The van der Waals surface area contributed by atoms with Crippen LogP contribution in [0.3, 0.4) is 0 Å². The van der Waals surface area contributed by atoms with Gasteiger partial charge < -0.3 is 15.5 Å². The lowest BCUT2D eigenvalue weighted by molar-refractivity contribution is -0.137. The number of likely N-dealkylation sites (tertiary alicyclic amines) is 1. The highest BCUT2D eigenvalue weighted by atomic mass is 35.5. The number of nitrogens with one attached hydrogen (secondary N) is 2. The van der Waals surface area contributed by atoms with Crippen molar-refractivity contribution in [3.05, 3.63) is 53.8 Å². The van der Waals surface area contributed by atoms with Crippen molar-refractivity contribution in [1.82, 2.24) is 14.7 Å². The number of aromatic nitrogens is 2. The fourth-order valence-electron chi connectivity index (χ4n) is 2.68. The normalized spacial score (nSPS) is 14.4. The quantitative estimate of drug-likeness (QED) is 0.749. The predicted octanol–water partition coefficient (Wildman–Crippen LogP) is 3.77. The lowest BCUT2D eigenvalue weighted by atomic mass is 10.1. The second-order valence-electron chi connectivity index (χ2n) is 6.08. The van der Waals surface area contributed by atoms with Gasteiger partial charge in [-0.05, 0) is 24.3 Å². The van der Waals surface area contributed by atoms with E-state index in [1.807, 2.05) is 0 Å². The van der Waals surface area contributed by atoms with Gasteiger partial charge in [0.2, 0.25) is 5.91 Å². The summed E-state index contributed by atoms with van der Waals surface area (Å²) in [5.74, 6) is -0.176. The van der Waals surface area contributed by atoms with Gasteiger partial charge in [-0.15, -0.1) is 0 Å². The third-order valence-electron chi connectivity index (χ3n) is 4.12. The van der Waals surface area contributed by atoms with Gasteiger partial charge in [0.15, 0.2) is 0 Å². The Kier molecular flexibility index (Phi) is 5.32. The minimum absolute atomic E-state index is 0.0457. The number of halogens is 4. The van der Waals surface area contributed by atoms with E-state index in [1.54, 1.807) is 9.58 Å². The van der Waals surface area contributed by atoms with E-state index in [0.717, 1.165) is 12.1 Å². The number of rotatable bonds is 4. The zero-order chi connectivity index (χ0) is 20.5. The first-order chi connectivity index (χ1) is 13.2. The summed E-state index contributed by atoms with van der Waals surface area (Å²) < 4.78 is 40.8. The molecule has 1 aromatic heterocycles. The highest BCUT2D eigenvalue weighted by Gasteiger charge is 2.34. The summed E-state index contributed by atoms with van der Waals surface area (Å²) in [5.41, 5.74) is -1.17. The summed E-state index contributed by atoms with van der Waals surface area (Å²) >= 11 is 5.61. The van der Waals surface area contributed by atoms with Crippen molar-refractivity contribution in [1.29, 1.82) is 0 Å². The SMILES string of the molecule is C=CC(=O)N1CC(n2cc(NC(=O)Nc3ccc(Cl)cc3C(F)(F)F)cn2)C1. The van der Waals surface area contributed by atoms with E-state index in [0.29, 0.717) is 18.8 Å². The molecule has 1 aromatic carbocycles. The van der Waals surface area contributed by atoms with Crippen LogP contribution in [0.4, 0.5) is 29.3 Å². The Morgan fingerprint density at radius 2 is 2.00 bits per heavy atom. The van der Waals surface area contributed by atoms with Crippen LogP contribution in [0.25, 0.3) is 0 Å². The van der Waals surface area contributed by atoms with Gasteiger partial charge in [-0.25, -0.2) is 4.79 Å². The second kappa shape index (κ2) is 7.55. The molecule has 1 aliphatic heterocycles. The van der Waals surface area contributed by atoms with Gasteiger partial charge in [0.25, 0.3) is 0 Å². The molecule has 7 nitrogen and oxygen atoms in total. The fourth-order valence-corrected chi connectivity index (χ4v) is 2.85. The van der Waals surface area contributed by atoms with Gasteiger partial charge in [-0.1, -0.05) is 18.2 Å². The first-order valence-electron chi connectivity index (χ1n) is 8.07. The number of anilines is 2. The molecule has 0 atom stereocenters. The summed E-state index contributed by atoms with van der Waals surface area (Å²) in [4.78, 5) is 25.1. The zero-order valence-corrected chi connectivity index (χ0v) is 15.1. The van der Waals surface area contributed by atoms with E-state index >= 15 is 0 Å². The Morgan fingerprint density at radius 1 is 1.29 bits per heavy atom. The summed E-state index contributed by atoms with van der Waals surface area (Å²) in [5, 5.41) is 8.59. The van der Waals surface area contributed by atoms with Gasteiger partial charge in [-0.2, -0.15) is 18.3 Å². The Morgan fingerprint density at radius 3 is 2.64 bits per heavy atom. The predicted molar refractivity (Wildman–Crippen MR) is 97.1 cm³/mol. The molecule has 0 unspecified atom stereocenters. The van der Waals surface area contributed by atoms with E-state index in [2.05, 4.69) is 22.3 Å². The standard InChI is InChI=1S/C17H15ClF3N5O2/c1-2-15(27)25-8-12(9-25)26-7-11(6-22-26)23-16(28)24-14-4-3-10(18)5-13(14)17(19,20)21/h2-7,12H,1,8-9H2,(H2,23,24,28). The Labute approximate surface area is 162 Å². The molecule has 0 spiro atoms. The largest absolute Gasteiger partial charge is 0.418 e. The average Bonchev–Trinajstić information content (AvgIpc) is 3.01. The molecule has 1 saturated heterocycles. The summed E-state index contributed by atoms with van der Waals surface area (Å²) in [6.07, 6.45) is -0.545. The van der Waals surface area contributed by atoms with Crippen LogP contribution in [-0.2, 0) is 11.0 Å². The molecule has 0 saturated carbocycles. The highest BCUT2D eigenvalue weighted by Crippen LogP contribution is 2.36. The molecule has 1 aliphatic rings. The molecule has 2 heterocycles. The van der Waals surface area contributed by atoms with Crippen LogP contribution in [0.5, 0.6) is 0 Å². The molecule has 28 heavy (non-hydrogen) atoms. The Hall–Kier alpha value is -3.01. The van der Waals surface area contributed by atoms with Crippen molar-refractivity contribution in [3.63, 3.8) is 0 Å². The lowest BCUT2D eigenvalue weighted by Gasteiger charge is -2.38. The maximum Gasteiger partial charge on any atom is 0.418 e. The third-order valence-corrected chi connectivity index (χ3v) is 4.35. The van der Waals surface area contributed by atoms with Crippen LogP contribution in [0.15, 0.2) is 43.2 Å². The molecule has 2 aromatic rings. The first kappa shape index (κ1) is 19.7. The number of urea groups is 1. The molecular formula is C17H15ClF3N5O2. The average molecular weight is 414 g/mol. The Balaban J connectivity index is 1.62. The highest BCUT2D eigenvalue weighted by molar-refractivity contribution is 6.30. The van der Waals surface area contributed by atoms with Crippen LogP contribution in [0, 0.1) is 0 Å². The number of nitrogens with zero attached hydrogens (tertiary/aromatic N) is 3. The molecule has 3 rings (SSSR count). The summed E-state index contributed by atoms with van der Waals surface area (Å²) in [6.45, 7) is 4.33. The number of benzene rings is 1. The smallest absolute Gasteiger partial charge is 0.335 e. The number of hydrogen-bond acceptors (Lipinski definition) is 3. The fraction of sp³-hybridized carbons (Fsp3) is 0.235. The van der Waals surface area contributed by atoms with Crippen molar-refractivity contribution in [2.24, 2.45) is 0 Å². The molecule has 1 fully saturated rings. The van der Waals surface area contributed by atoms with Crippen LogP contribution in [0.2, 0.25) is 5.02 Å². The second-order valence-corrected chi connectivity index (χ2v) is 6.51. The maximum atomic E-state index is 13.1. The molecule has 0 radical (unpaired) electrons. The van der Waals surface area contributed by atoms with Gasteiger partial charge in [-0.3, -0.25) is 9.48 Å². The molecule has 0 bridgehead atoms.